The normalized spacial score (nSPS) is 13.3. The van der Waals surface area contributed by atoms with Gasteiger partial charge in [0.1, 0.15) is 11.4 Å². The number of hydrogen-bond donors (Lipinski definition) is 4. The van der Waals surface area contributed by atoms with E-state index in [1.807, 2.05) is 13.8 Å². The molecule has 0 spiro atoms. The van der Waals surface area contributed by atoms with Gasteiger partial charge in [0, 0.05) is 60.5 Å². The first-order valence-electron chi connectivity index (χ1n) is 13.0. The summed E-state index contributed by atoms with van der Waals surface area (Å²) >= 11 is 0. The molecule has 2 aromatic rings. The molecule has 0 radical (unpaired) electrons. The average Bonchev–Trinajstić information content (AvgIpc) is 3.35. The minimum absolute atomic E-state index is 0.143. The van der Waals surface area contributed by atoms with E-state index in [0.29, 0.717) is 34.6 Å². The summed E-state index contributed by atoms with van der Waals surface area (Å²) in [5.41, 5.74) is 1.23. The minimum atomic E-state index is -2.97. The van der Waals surface area contributed by atoms with Gasteiger partial charge in [0.15, 0.2) is 0 Å². The number of carboxylic acids is 3. The molecule has 0 aliphatic carbocycles. The van der Waals surface area contributed by atoms with Gasteiger partial charge >= 0.3 is 0 Å². The third-order valence-corrected chi connectivity index (χ3v) is 6.62. The molecular formula is C28H32FN4O9-3. The number of likely N-dealkylation sites (N-methyl/N-ethyl adjacent to an activating group) is 1. The second-order valence-electron chi connectivity index (χ2n) is 9.57. The van der Waals surface area contributed by atoms with Crippen LogP contribution in [0.25, 0.3) is 11.6 Å². The van der Waals surface area contributed by atoms with E-state index in [1.54, 1.807) is 12.1 Å². The number of H-pyrrole nitrogens is 1. The zero-order valence-corrected chi connectivity index (χ0v) is 23.6. The highest BCUT2D eigenvalue weighted by Gasteiger charge is 2.29. The number of benzene rings is 1. The van der Waals surface area contributed by atoms with Gasteiger partial charge < -0.3 is 55.3 Å². The molecule has 1 aliphatic rings. The summed E-state index contributed by atoms with van der Waals surface area (Å²) in [6.07, 6.45) is -1.04. The molecule has 13 nitrogen and oxygen atoms in total. The predicted octanol–water partition coefficient (Wildman–Crippen LogP) is -1.92. The average molecular weight is 588 g/mol. The predicted molar refractivity (Wildman–Crippen MR) is 142 cm³/mol. The van der Waals surface area contributed by atoms with E-state index >= 15 is 0 Å². The Morgan fingerprint density at radius 1 is 1.07 bits per heavy atom. The Balaban J connectivity index is 0.000000401. The maximum absolute atomic E-state index is 13.7. The van der Waals surface area contributed by atoms with Gasteiger partial charge in [-0.15, -0.1) is 0 Å². The molecule has 0 unspecified atom stereocenters. The maximum Gasteiger partial charge on any atom is 0.256 e. The van der Waals surface area contributed by atoms with Crippen LogP contribution < -0.4 is 26.0 Å². The number of fused-ring (bicyclic) bond motifs is 1. The van der Waals surface area contributed by atoms with Crippen molar-refractivity contribution in [3.8, 4) is 0 Å². The molecule has 2 heterocycles. The quantitative estimate of drug-likeness (QED) is 0.202. The smallest absolute Gasteiger partial charge is 0.256 e. The highest BCUT2D eigenvalue weighted by Crippen LogP contribution is 2.34. The number of carbonyl (C=O) groups excluding carboxylic acids is 5. The number of anilines is 1. The molecule has 1 aliphatic heterocycles. The second-order valence-corrected chi connectivity index (χ2v) is 9.57. The van der Waals surface area contributed by atoms with E-state index in [2.05, 4.69) is 34.4 Å². The largest absolute Gasteiger partial charge is 0.550 e. The maximum atomic E-state index is 13.7. The van der Waals surface area contributed by atoms with Gasteiger partial charge in [-0.1, -0.05) is 13.8 Å². The number of aliphatic hydroxyl groups is 1. The minimum Gasteiger partial charge on any atom is -0.550 e. The highest BCUT2D eigenvalue weighted by atomic mass is 19.1. The molecule has 228 valence electrons. The van der Waals surface area contributed by atoms with Crippen LogP contribution in [-0.4, -0.2) is 76.5 Å². The monoisotopic (exact) mass is 587 g/mol. The van der Waals surface area contributed by atoms with Crippen molar-refractivity contribution in [2.45, 2.75) is 46.1 Å². The number of rotatable bonds is 12. The fourth-order valence-corrected chi connectivity index (χ4v) is 4.35. The molecule has 0 saturated carbocycles. The summed E-state index contributed by atoms with van der Waals surface area (Å²) < 4.78 is 13.7. The van der Waals surface area contributed by atoms with E-state index in [4.69, 9.17) is 5.11 Å². The first-order chi connectivity index (χ1) is 19.6. The molecule has 0 saturated heterocycles. The molecule has 1 aromatic heterocycles. The molecule has 14 heteroatoms. The molecule has 4 N–H and O–H groups in total. The van der Waals surface area contributed by atoms with E-state index in [1.165, 1.54) is 12.1 Å². The Morgan fingerprint density at radius 3 is 2.19 bits per heavy atom. The first kappa shape index (κ1) is 33.6. The van der Waals surface area contributed by atoms with Gasteiger partial charge in [-0.25, -0.2) is 4.39 Å². The summed E-state index contributed by atoms with van der Waals surface area (Å²) in [4.78, 5) is 60.5. The van der Waals surface area contributed by atoms with Crippen molar-refractivity contribution in [3.05, 3.63) is 52.1 Å². The lowest BCUT2D eigenvalue weighted by Gasteiger charge is -2.29. The van der Waals surface area contributed by atoms with Crippen molar-refractivity contribution in [2.75, 3.05) is 31.5 Å². The third-order valence-electron chi connectivity index (χ3n) is 6.62. The van der Waals surface area contributed by atoms with Gasteiger partial charge in [-0.2, -0.15) is 0 Å². The molecule has 0 bridgehead atoms. The Hall–Kier alpha value is -4.56. The van der Waals surface area contributed by atoms with Crippen LogP contribution in [0, 0.1) is 19.7 Å². The Bertz CT molecular complexity index is 1380. The number of aromatic nitrogens is 1. The topological polar surface area (TPSA) is 218 Å². The van der Waals surface area contributed by atoms with Crippen molar-refractivity contribution in [2.24, 2.45) is 0 Å². The summed E-state index contributed by atoms with van der Waals surface area (Å²) in [6, 6.07) is 4.20. The van der Waals surface area contributed by atoms with E-state index in [0.717, 1.165) is 30.9 Å². The van der Waals surface area contributed by atoms with Crippen LogP contribution in [0.2, 0.25) is 0 Å². The van der Waals surface area contributed by atoms with Crippen LogP contribution in [0.15, 0.2) is 18.2 Å². The lowest BCUT2D eigenvalue weighted by atomic mass is 9.96. The zero-order valence-electron chi connectivity index (χ0n) is 23.6. The Kier molecular flexibility index (Phi) is 11.5. The van der Waals surface area contributed by atoms with E-state index in [-0.39, 0.29) is 11.8 Å². The van der Waals surface area contributed by atoms with E-state index in [9.17, 15) is 43.7 Å². The zero-order chi connectivity index (χ0) is 31.8. The van der Waals surface area contributed by atoms with Gasteiger partial charge in [0.25, 0.3) is 11.8 Å². The number of carboxylic acid groups (broad SMARTS) is 3. The third kappa shape index (κ3) is 8.47. The number of carbonyl (C=O) groups is 5. The van der Waals surface area contributed by atoms with E-state index < -0.39 is 42.2 Å². The molecule has 3 rings (SSSR count). The lowest BCUT2D eigenvalue weighted by molar-refractivity contribution is -0.339. The first-order valence-corrected chi connectivity index (χ1v) is 13.0. The molecule has 0 fully saturated rings. The van der Waals surface area contributed by atoms with Gasteiger partial charge in [-0.05, 0) is 56.8 Å². The summed E-state index contributed by atoms with van der Waals surface area (Å²) in [5, 5.41) is 44.6. The number of halogens is 1. The Morgan fingerprint density at radius 2 is 1.67 bits per heavy atom. The molecule has 1 aromatic carbocycles. The molecular weight excluding hydrogens is 555 g/mol. The summed E-state index contributed by atoms with van der Waals surface area (Å²) in [6.45, 7) is 11.1. The van der Waals surface area contributed by atoms with Crippen molar-refractivity contribution in [3.63, 3.8) is 0 Å². The number of amides is 2. The fourth-order valence-electron chi connectivity index (χ4n) is 4.35. The lowest BCUT2D eigenvalue weighted by Crippen LogP contribution is -2.54. The van der Waals surface area contributed by atoms with Crippen LogP contribution in [-0.2, 0) is 19.2 Å². The number of nitrogens with one attached hydrogen (secondary N) is 3. The van der Waals surface area contributed by atoms with Gasteiger partial charge in [0.2, 0.25) is 0 Å². The van der Waals surface area contributed by atoms with Crippen molar-refractivity contribution in [1.82, 2.24) is 15.2 Å². The van der Waals surface area contributed by atoms with Crippen LogP contribution >= 0.6 is 0 Å². The van der Waals surface area contributed by atoms with Crippen molar-refractivity contribution >= 4 is 47.1 Å². The summed E-state index contributed by atoms with van der Waals surface area (Å²) in [7, 11) is 0. The second kappa shape index (κ2) is 14.4. The van der Waals surface area contributed by atoms with Crippen LogP contribution in [0.5, 0.6) is 0 Å². The number of aromatic amines is 1. The number of aryl methyl sites for hydroxylation is 1. The van der Waals surface area contributed by atoms with Gasteiger partial charge in [0.05, 0.1) is 17.1 Å². The number of aliphatic carboxylic acids is 3. The van der Waals surface area contributed by atoms with Crippen molar-refractivity contribution in [1.29, 1.82) is 0 Å². The molecule has 0 atom stereocenters. The van der Waals surface area contributed by atoms with Crippen LogP contribution in [0.1, 0.15) is 59.6 Å². The van der Waals surface area contributed by atoms with Crippen molar-refractivity contribution < 1.29 is 48.8 Å². The van der Waals surface area contributed by atoms with Crippen LogP contribution in [0.3, 0.4) is 0 Å². The standard InChI is InChI=1S/C22H27FN4O2.C6H8O7/c1-5-27(6-2)10-9-24-22(29)20-13(3)19(25-14(20)4)12-17-16-11-15(23)7-8-18(16)26-21(17)28;7-3(8)1-6(13,5(11)12)2-4(9)10/h7-8,11-12,25H,5-6,9-10H2,1-4H3,(H,24,29)(H,26,28);13H,1-2H2,(H,7,8)(H,9,10)(H,11,12)/p-3/b17-12-;. The Labute approximate surface area is 241 Å². The van der Waals surface area contributed by atoms with Gasteiger partial charge in [-0.3, -0.25) is 9.59 Å². The molecule has 2 amide bonds. The van der Waals surface area contributed by atoms with Crippen LogP contribution in [0.4, 0.5) is 10.1 Å². The highest BCUT2D eigenvalue weighted by molar-refractivity contribution is 6.34. The molecule has 42 heavy (non-hydrogen) atoms. The summed E-state index contributed by atoms with van der Waals surface area (Å²) in [5.74, 6) is -6.82. The fraction of sp³-hybridized carbons (Fsp3) is 0.393. The number of nitrogens with zero attached hydrogens (tertiary/aromatic N) is 1. The SMILES string of the molecule is CCN(CC)CCNC(=O)c1c(C)[nH]c(/C=C2\C(=O)Nc3ccc(F)cc32)c1C.O=C([O-])CC(O)(CC(=O)[O-])C(=O)[O-]. The number of hydrogen-bond acceptors (Lipinski definition) is 10.